The van der Waals surface area contributed by atoms with Crippen LogP contribution >= 0.6 is 0 Å². The number of nitrogens with zero attached hydrogens (tertiary/aromatic N) is 2. The fourth-order valence-corrected chi connectivity index (χ4v) is 1.68. The molecule has 0 radical (unpaired) electrons. The van der Waals surface area contributed by atoms with Crippen LogP contribution < -0.4 is 10.5 Å². The second-order valence-electron chi connectivity index (χ2n) is 5.42. The fourth-order valence-electron chi connectivity index (χ4n) is 1.68. The zero-order valence-electron chi connectivity index (χ0n) is 11.3. The number of hydrogen-bond donors (Lipinski definition) is 2. The molecule has 0 saturated heterocycles. The Hall–Kier alpha value is -1.62. The summed E-state index contributed by atoms with van der Waals surface area (Å²) < 4.78 is 5.35. The Morgan fingerprint density at radius 3 is 2.67 bits per heavy atom. The molecule has 2 rings (SSSR count). The van der Waals surface area contributed by atoms with E-state index in [9.17, 15) is 0 Å². The fraction of sp³-hybridized carbons (Fsp3) is 0.538. The van der Waals surface area contributed by atoms with E-state index in [1.54, 1.807) is 0 Å². The van der Waals surface area contributed by atoms with Crippen molar-refractivity contribution >= 4 is 11.2 Å². The lowest BCUT2D eigenvalue weighted by Crippen LogP contribution is -2.27. The average molecular weight is 248 g/mol. The number of pyridine rings is 1. The molecule has 1 unspecified atom stereocenters. The number of ether oxygens (including phenoxy) is 1. The molecule has 0 aromatic carbocycles. The third-order valence-electron chi connectivity index (χ3n) is 2.86. The Morgan fingerprint density at radius 1 is 1.33 bits per heavy atom. The molecule has 0 aliphatic rings. The monoisotopic (exact) mass is 248 g/mol. The van der Waals surface area contributed by atoms with E-state index < -0.39 is 0 Å². The first-order valence-corrected chi connectivity index (χ1v) is 6.17. The van der Waals surface area contributed by atoms with Gasteiger partial charge in [-0.2, -0.15) is 4.98 Å². The summed E-state index contributed by atoms with van der Waals surface area (Å²) in [7, 11) is 0. The number of aromatic amines is 1. The number of nitrogens with one attached hydrogen (secondary N) is 1. The maximum atomic E-state index is 6.18. The summed E-state index contributed by atoms with van der Waals surface area (Å²) in [6, 6.07) is 3.59. The van der Waals surface area contributed by atoms with Crippen LogP contribution in [0.4, 0.5) is 0 Å². The highest BCUT2D eigenvalue weighted by Gasteiger charge is 2.25. The third-order valence-corrected chi connectivity index (χ3v) is 2.86. The molecule has 2 heterocycles. The zero-order valence-corrected chi connectivity index (χ0v) is 11.3. The van der Waals surface area contributed by atoms with Gasteiger partial charge in [-0.3, -0.25) is 0 Å². The van der Waals surface area contributed by atoms with Crippen molar-refractivity contribution in [2.75, 3.05) is 6.61 Å². The second kappa shape index (κ2) is 4.57. The number of imidazole rings is 1. The summed E-state index contributed by atoms with van der Waals surface area (Å²) in [6.07, 6.45) is 0. The summed E-state index contributed by atoms with van der Waals surface area (Å²) in [4.78, 5) is 12.0. The molecule has 0 fully saturated rings. The summed E-state index contributed by atoms with van der Waals surface area (Å²) in [5.74, 6) is 1.35. The van der Waals surface area contributed by atoms with Gasteiger partial charge in [0, 0.05) is 6.07 Å². The summed E-state index contributed by atoms with van der Waals surface area (Å²) in [5.41, 5.74) is 7.67. The van der Waals surface area contributed by atoms with Gasteiger partial charge in [0.25, 0.3) is 0 Å². The molecule has 0 aliphatic carbocycles. The van der Waals surface area contributed by atoms with Crippen molar-refractivity contribution in [3.63, 3.8) is 0 Å². The van der Waals surface area contributed by atoms with E-state index in [-0.39, 0.29) is 11.5 Å². The summed E-state index contributed by atoms with van der Waals surface area (Å²) in [6.45, 7) is 8.78. The van der Waals surface area contributed by atoms with Gasteiger partial charge in [-0.15, -0.1) is 0 Å². The van der Waals surface area contributed by atoms with E-state index in [1.165, 1.54) is 0 Å². The van der Waals surface area contributed by atoms with Crippen LogP contribution in [0.3, 0.4) is 0 Å². The Labute approximate surface area is 107 Å². The van der Waals surface area contributed by atoms with Gasteiger partial charge in [-0.25, -0.2) is 4.98 Å². The minimum atomic E-state index is -0.151. The lowest BCUT2D eigenvalue weighted by molar-refractivity contribution is 0.317. The molecule has 5 heteroatoms. The number of hydrogen-bond acceptors (Lipinski definition) is 4. The van der Waals surface area contributed by atoms with Crippen LogP contribution in [-0.2, 0) is 0 Å². The molecule has 0 spiro atoms. The maximum absolute atomic E-state index is 6.18. The Balaban J connectivity index is 2.38. The van der Waals surface area contributed by atoms with Crippen molar-refractivity contribution in [1.29, 1.82) is 0 Å². The Kier molecular flexibility index (Phi) is 3.26. The minimum absolute atomic E-state index is 0.0450. The van der Waals surface area contributed by atoms with E-state index in [4.69, 9.17) is 10.5 Å². The zero-order chi connectivity index (χ0) is 13.3. The van der Waals surface area contributed by atoms with Crippen LogP contribution in [0.25, 0.3) is 11.2 Å². The SMILES string of the molecule is CCOc1ccc2[nH]c(C(N)C(C)(C)C)nc2n1. The van der Waals surface area contributed by atoms with Crippen LogP contribution in [0.2, 0.25) is 0 Å². The third kappa shape index (κ3) is 2.46. The first-order chi connectivity index (χ1) is 8.41. The van der Waals surface area contributed by atoms with Gasteiger partial charge < -0.3 is 15.5 Å². The molecule has 0 bridgehead atoms. The van der Waals surface area contributed by atoms with Gasteiger partial charge in [0.2, 0.25) is 5.88 Å². The Bertz CT molecular complexity index is 541. The molecule has 2 aromatic heterocycles. The van der Waals surface area contributed by atoms with Crippen LogP contribution in [0, 0.1) is 5.41 Å². The molecule has 1 atom stereocenters. The highest BCUT2D eigenvalue weighted by Crippen LogP contribution is 2.29. The molecular formula is C13H20N4O. The van der Waals surface area contributed by atoms with E-state index in [0.29, 0.717) is 18.1 Å². The lowest BCUT2D eigenvalue weighted by Gasteiger charge is -2.24. The molecule has 5 nitrogen and oxygen atoms in total. The molecule has 18 heavy (non-hydrogen) atoms. The maximum Gasteiger partial charge on any atom is 0.215 e. The Morgan fingerprint density at radius 2 is 2.06 bits per heavy atom. The predicted molar refractivity (Wildman–Crippen MR) is 71.4 cm³/mol. The second-order valence-corrected chi connectivity index (χ2v) is 5.42. The van der Waals surface area contributed by atoms with Crippen molar-refractivity contribution in [2.24, 2.45) is 11.1 Å². The summed E-state index contributed by atoms with van der Waals surface area (Å²) >= 11 is 0. The number of rotatable bonds is 3. The van der Waals surface area contributed by atoms with E-state index in [0.717, 1.165) is 11.3 Å². The van der Waals surface area contributed by atoms with Crippen molar-refractivity contribution in [1.82, 2.24) is 15.0 Å². The quantitative estimate of drug-likeness (QED) is 0.874. The molecule has 0 aliphatic heterocycles. The minimum Gasteiger partial charge on any atom is -0.478 e. The number of fused-ring (bicyclic) bond motifs is 1. The number of H-pyrrole nitrogens is 1. The van der Waals surface area contributed by atoms with Crippen LogP contribution in [0.1, 0.15) is 39.6 Å². The van der Waals surface area contributed by atoms with E-state index >= 15 is 0 Å². The van der Waals surface area contributed by atoms with E-state index in [2.05, 4.69) is 35.7 Å². The number of aromatic nitrogens is 3. The number of nitrogens with two attached hydrogens (primary N) is 1. The molecule has 98 valence electrons. The molecule has 0 saturated carbocycles. The lowest BCUT2D eigenvalue weighted by atomic mass is 9.87. The molecular weight excluding hydrogens is 228 g/mol. The topological polar surface area (TPSA) is 76.8 Å². The van der Waals surface area contributed by atoms with Gasteiger partial charge in [0.15, 0.2) is 5.65 Å². The van der Waals surface area contributed by atoms with Gasteiger partial charge in [-0.05, 0) is 18.4 Å². The largest absolute Gasteiger partial charge is 0.478 e. The van der Waals surface area contributed by atoms with Crippen molar-refractivity contribution in [3.05, 3.63) is 18.0 Å². The summed E-state index contributed by atoms with van der Waals surface area (Å²) in [5, 5.41) is 0. The van der Waals surface area contributed by atoms with Crippen molar-refractivity contribution in [3.8, 4) is 5.88 Å². The first kappa shape index (κ1) is 12.8. The molecule has 2 aromatic rings. The van der Waals surface area contributed by atoms with Crippen molar-refractivity contribution in [2.45, 2.75) is 33.7 Å². The average Bonchev–Trinajstić information content (AvgIpc) is 2.70. The molecule has 0 amide bonds. The highest BCUT2D eigenvalue weighted by molar-refractivity contribution is 5.71. The molecule has 3 N–H and O–H groups in total. The standard InChI is InChI=1S/C13H20N4O/c1-5-18-9-7-6-8-11(16-9)17-12(15-8)10(14)13(2,3)4/h6-7,10H,5,14H2,1-4H3,(H,15,16,17). The van der Waals surface area contributed by atoms with Gasteiger partial charge in [-0.1, -0.05) is 20.8 Å². The first-order valence-electron chi connectivity index (χ1n) is 6.17. The van der Waals surface area contributed by atoms with Gasteiger partial charge >= 0.3 is 0 Å². The van der Waals surface area contributed by atoms with Gasteiger partial charge in [0.05, 0.1) is 18.2 Å². The normalized spacial score (nSPS) is 13.8. The smallest absolute Gasteiger partial charge is 0.215 e. The van der Waals surface area contributed by atoms with Crippen LogP contribution in [0.5, 0.6) is 5.88 Å². The highest BCUT2D eigenvalue weighted by atomic mass is 16.5. The van der Waals surface area contributed by atoms with Crippen LogP contribution in [0.15, 0.2) is 12.1 Å². The van der Waals surface area contributed by atoms with Gasteiger partial charge in [0.1, 0.15) is 5.82 Å². The van der Waals surface area contributed by atoms with Crippen molar-refractivity contribution < 1.29 is 4.74 Å². The predicted octanol–water partition coefficient (Wildman–Crippen LogP) is 2.40. The van der Waals surface area contributed by atoms with E-state index in [1.807, 2.05) is 19.1 Å². The van der Waals surface area contributed by atoms with Crippen LogP contribution in [-0.4, -0.2) is 21.6 Å².